The van der Waals surface area contributed by atoms with Gasteiger partial charge in [0.15, 0.2) is 0 Å². The molecule has 0 aliphatic carbocycles. The molecule has 43 heavy (non-hydrogen) atoms. The molecule has 1 heterocycles. The average Bonchev–Trinajstić information content (AvgIpc) is 3.04. The fraction of sp³-hybridized carbons (Fsp3) is 0.306. The Labute approximate surface area is 263 Å². The Morgan fingerprint density at radius 2 is 1.77 bits per heavy atom. The molecular weight excluding hydrogens is 577 g/mol. The molecule has 220 valence electrons. The summed E-state index contributed by atoms with van der Waals surface area (Å²) in [6.07, 6.45) is 4.40. The number of likely N-dealkylation sites (N-methyl/N-ethyl adjacent to an activating group) is 1. The average molecular weight is 613 g/mol. The zero-order chi connectivity index (χ0) is 30.3. The molecule has 0 N–H and O–H groups in total. The Kier molecular flexibility index (Phi) is 10.1. The van der Waals surface area contributed by atoms with Crippen LogP contribution in [0.1, 0.15) is 63.7 Å². The molecule has 1 aliphatic heterocycles. The van der Waals surface area contributed by atoms with E-state index in [1.807, 2.05) is 61.6 Å². The minimum atomic E-state index is -0.117. The van der Waals surface area contributed by atoms with Crippen molar-refractivity contribution in [1.82, 2.24) is 9.80 Å². The van der Waals surface area contributed by atoms with Crippen LogP contribution in [0.3, 0.4) is 0 Å². The lowest BCUT2D eigenvalue weighted by molar-refractivity contribution is -0.107. The first-order valence-corrected chi connectivity index (χ1v) is 15.5. The molecule has 5 rings (SSSR count). The molecular formula is C36H35Cl2N3O2. The number of amides is 1. The van der Waals surface area contributed by atoms with Crippen LogP contribution >= 0.6 is 23.2 Å². The van der Waals surface area contributed by atoms with Gasteiger partial charge >= 0.3 is 0 Å². The van der Waals surface area contributed by atoms with E-state index in [0.29, 0.717) is 40.1 Å². The van der Waals surface area contributed by atoms with Crippen LogP contribution < -0.4 is 0 Å². The van der Waals surface area contributed by atoms with Crippen LogP contribution in [-0.2, 0) is 11.2 Å². The van der Waals surface area contributed by atoms with Gasteiger partial charge in [-0.25, -0.2) is 0 Å². The molecule has 0 saturated carbocycles. The van der Waals surface area contributed by atoms with E-state index in [0.717, 1.165) is 67.1 Å². The largest absolute Gasteiger partial charge is 0.341 e. The number of fused-ring (bicyclic) bond motifs is 1. The molecule has 1 atom stereocenters. The van der Waals surface area contributed by atoms with Gasteiger partial charge < -0.3 is 14.6 Å². The van der Waals surface area contributed by atoms with Gasteiger partial charge in [-0.15, -0.1) is 0 Å². The van der Waals surface area contributed by atoms with Crippen LogP contribution in [0.2, 0.25) is 10.0 Å². The van der Waals surface area contributed by atoms with E-state index in [9.17, 15) is 14.9 Å². The number of carbonyl (C=O) groups is 2. The van der Waals surface area contributed by atoms with Gasteiger partial charge in [0.05, 0.1) is 21.7 Å². The summed E-state index contributed by atoms with van der Waals surface area (Å²) in [6.45, 7) is 3.35. The maximum absolute atomic E-state index is 13.8. The molecule has 0 spiro atoms. The zero-order valence-corrected chi connectivity index (χ0v) is 25.8. The fourth-order valence-corrected chi connectivity index (χ4v) is 6.62. The Morgan fingerprint density at radius 3 is 2.51 bits per heavy atom. The minimum absolute atomic E-state index is 0.0418. The standard InChI is InChI=1S/C36H35Cl2N3O2/c1-40(36(43)33-21-25(23-39)20-29-7-3-5-9-32(29)33)24-30(28-10-11-34(37)35(38)22-28)14-18-41-16-12-27(13-17-41)31-8-4-2-6-26(31)15-19-42/h2-11,19-22,27,30H,12-18,24H2,1H3. The first-order chi connectivity index (χ1) is 20.9. The smallest absolute Gasteiger partial charge is 0.254 e. The number of carbonyl (C=O) groups excluding carboxylic acids is 2. The van der Waals surface area contributed by atoms with Gasteiger partial charge in [-0.05, 0) is 96.5 Å². The normalized spacial score (nSPS) is 14.7. The summed E-state index contributed by atoms with van der Waals surface area (Å²) < 4.78 is 0. The van der Waals surface area contributed by atoms with Gasteiger partial charge in [-0.1, -0.05) is 77.8 Å². The first kappa shape index (κ1) is 30.8. The molecule has 1 fully saturated rings. The van der Waals surface area contributed by atoms with E-state index in [1.165, 1.54) is 5.56 Å². The molecule has 7 heteroatoms. The highest BCUT2D eigenvalue weighted by atomic mass is 35.5. The summed E-state index contributed by atoms with van der Waals surface area (Å²) in [5.74, 6) is 0.384. The Balaban J connectivity index is 1.30. The summed E-state index contributed by atoms with van der Waals surface area (Å²) in [7, 11) is 1.82. The van der Waals surface area contributed by atoms with E-state index in [4.69, 9.17) is 23.2 Å². The maximum Gasteiger partial charge on any atom is 0.254 e. The molecule has 0 radical (unpaired) electrons. The summed E-state index contributed by atoms with van der Waals surface area (Å²) in [4.78, 5) is 29.2. The minimum Gasteiger partial charge on any atom is -0.341 e. The highest BCUT2D eigenvalue weighted by molar-refractivity contribution is 6.42. The third-order valence-corrected chi connectivity index (χ3v) is 9.40. The third-order valence-electron chi connectivity index (χ3n) is 8.66. The van der Waals surface area contributed by atoms with E-state index in [2.05, 4.69) is 29.2 Å². The maximum atomic E-state index is 13.8. The second-order valence-corrected chi connectivity index (χ2v) is 12.2. The number of hydrogen-bond donors (Lipinski definition) is 0. The molecule has 5 nitrogen and oxygen atoms in total. The number of piperidine rings is 1. The zero-order valence-electron chi connectivity index (χ0n) is 24.3. The van der Waals surface area contributed by atoms with Crippen molar-refractivity contribution in [2.24, 2.45) is 0 Å². The number of hydrogen-bond acceptors (Lipinski definition) is 4. The van der Waals surface area contributed by atoms with Crippen molar-refractivity contribution in [3.63, 3.8) is 0 Å². The third kappa shape index (κ3) is 7.28. The molecule has 1 saturated heterocycles. The van der Waals surface area contributed by atoms with E-state index >= 15 is 0 Å². The van der Waals surface area contributed by atoms with Crippen LogP contribution in [0, 0.1) is 11.3 Å². The molecule has 4 aromatic rings. The Morgan fingerprint density at radius 1 is 1.02 bits per heavy atom. The van der Waals surface area contributed by atoms with Crippen molar-refractivity contribution in [2.75, 3.05) is 33.2 Å². The molecule has 1 aliphatic rings. The van der Waals surface area contributed by atoms with Crippen molar-refractivity contribution < 1.29 is 9.59 Å². The van der Waals surface area contributed by atoms with Crippen LogP contribution in [0.4, 0.5) is 0 Å². The summed E-state index contributed by atoms with van der Waals surface area (Å²) in [5, 5.41) is 12.3. The number of nitriles is 1. The quantitative estimate of drug-likeness (QED) is 0.171. The van der Waals surface area contributed by atoms with E-state index in [-0.39, 0.29) is 11.8 Å². The Hall–Kier alpha value is -3.69. The lowest BCUT2D eigenvalue weighted by Gasteiger charge is -2.34. The van der Waals surface area contributed by atoms with Crippen LogP contribution in [0.15, 0.2) is 78.9 Å². The van der Waals surface area contributed by atoms with Gasteiger partial charge in [0.1, 0.15) is 6.29 Å². The highest BCUT2D eigenvalue weighted by Gasteiger charge is 2.25. The lowest BCUT2D eigenvalue weighted by atomic mass is 9.85. The first-order valence-electron chi connectivity index (χ1n) is 14.7. The van der Waals surface area contributed by atoms with Gasteiger partial charge in [-0.2, -0.15) is 5.26 Å². The molecule has 0 aromatic heterocycles. The second-order valence-electron chi connectivity index (χ2n) is 11.4. The van der Waals surface area contributed by atoms with Gasteiger partial charge in [0.2, 0.25) is 0 Å². The monoisotopic (exact) mass is 611 g/mol. The van der Waals surface area contributed by atoms with Crippen LogP contribution in [0.5, 0.6) is 0 Å². The molecule has 1 unspecified atom stereocenters. The summed E-state index contributed by atoms with van der Waals surface area (Å²) >= 11 is 12.7. The number of benzene rings is 4. The van der Waals surface area contributed by atoms with Gasteiger partial charge in [0, 0.05) is 31.5 Å². The molecule has 4 aromatic carbocycles. The Bertz CT molecular complexity index is 1660. The number of nitrogens with zero attached hydrogens (tertiary/aromatic N) is 3. The fourth-order valence-electron chi connectivity index (χ4n) is 6.32. The van der Waals surface area contributed by atoms with Crippen molar-refractivity contribution in [3.8, 4) is 6.07 Å². The number of halogens is 2. The SMILES string of the molecule is CN(CC(CCN1CCC(c2ccccc2CC=O)CC1)c1ccc(Cl)c(Cl)c1)C(=O)c1cc(C#N)cc2ccccc12. The van der Waals surface area contributed by atoms with Crippen molar-refractivity contribution in [1.29, 1.82) is 5.26 Å². The summed E-state index contributed by atoms with van der Waals surface area (Å²) in [6, 6.07) is 27.4. The van der Waals surface area contributed by atoms with E-state index in [1.54, 1.807) is 11.0 Å². The number of aldehydes is 1. The lowest BCUT2D eigenvalue weighted by Crippen LogP contribution is -2.36. The van der Waals surface area contributed by atoms with Crippen molar-refractivity contribution in [2.45, 2.75) is 37.5 Å². The van der Waals surface area contributed by atoms with Crippen LogP contribution in [-0.4, -0.2) is 55.2 Å². The van der Waals surface area contributed by atoms with Gasteiger partial charge in [-0.3, -0.25) is 4.79 Å². The predicted octanol–water partition coefficient (Wildman–Crippen LogP) is 7.89. The number of likely N-dealkylation sites (tertiary alicyclic amines) is 1. The van der Waals surface area contributed by atoms with Crippen molar-refractivity contribution >= 4 is 46.2 Å². The van der Waals surface area contributed by atoms with E-state index < -0.39 is 0 Å². The molecule has 1 amide bonds. The van der Waals surface area contributed by atoms with Crippen LogP contribution in [0.25, 0.3) is 10.8 Å². The van der Waals surface area contributed by atoms with Gasteiger partial charge in [0.25, 0.3) is 5.91 Å². The topological polar surface area (TPSA) is 64.4 Å². The summed E-state index contributed by atoms with van der Waals surface area (Å²) in [5.41, 5.74) is 4.48. The highest BCUT2D eigenvalue weighted by Crippen LogP contribution is 2.33. The number of rotatable bonds is 10. The second kappa shape index (κ2) is 14.2. The molecule has 0 bridgehead atoms. The van der Waals surface area contributed by atoms with Crippen molar-refractivity contribution in [3.05, 3.63) is 117 Å². The predicted molar refractivity (Wildman–Crippen MR) is 174 cm³/mol.